The third-order valence-corrected chi connectivity index (χ3v) is 2.87. The Labute approximate surface area is 125 Å². The number of rotatable bonds is 5. The first-order valence-corrected chi connectivity index (χ1v) is 7.01. The maximum Gasteiger partial charge on any atom is 0.239 e. The largest absolute Gasteiger partial charge is 0.470 e. The van der Waals surface area contributed by atoms with Crippen molar-refractivity contribution < 1.29 is 4.74 Å². The van der Waals surface area contributed by atoms with Gasteiger partial charge < -0.3 is 20.4 Å². The molecule has 0 aliphatic rings. The van der Waals surface area contributed by atoms with Crippen LogP contribution in [0.1, 0.15) is 26.6 Å². The van der Waals surface area contributed by atoms with Gasteiger partial charge in [0.2, 0.25) is 5.88 Å². The molecule has 0 aliphatic heterocycles. The average molecular weight is 289 g/mol. The first kappa shape index (κ1) is 15.2. The van der Waals surface area contributed by atoms with Crippen LogP contribution in [0.3, 0.4) is 0 Å². The molecule has 0 saturated carbocycles. The molecule has 2 heterocycles. The van der Waals surface area contributed by atoms with Crippen LogP contribution in [0.15, 0.2) is 24.5 Å². The number of nitrogens with two attached hydrogens (primary N) is 1. The topological polar surface area (TPSA) is 78.0 Å². The molecule has 114 valence electrons. The predicted octanol–water partition coefficient (Wildman–Crippen LogP) is 2.23. The quantitative estimate of drug-likeness (QED) is 0.882. The van der Waals surface area contributed by atoms with Crippen LogP contribution in [0.25, 0.3) is 0 Å². The first-order valence-electron chi connectivity index (χ1n) is 7.01. The number of anilines is 2. The summed E-state index contributed by atoms with van der Waals surface area (Å²) in [6.07, 6.45) is 4.56. The Hall–Kier alpha value is -2.24. The van der Waals surface area contributed by atoms with Crippen molar-refractivity contribution in [3.8, 4) is 5.88 Å². The van der Waals surface area contributed by atoms with Gasteiger partial charge in [-0.3, -0.25) is 0 Å². The standard InChI is InChI=1S/C15H23N5O/c1-15(2,3)21-14-11(16)5-6-12(19-14)17-8-7-13-18-9-10-20(13)4/h5-6,9-10H,7-8,16H2,1-4H3,(H,17,19). The number of imidazole rings is 1. The van der Waals surface area contributed by atoms with Gasteiger partial charge in [-0.25, -0.2) is 4.98 Å². The molecular formula is C15H23N5O. The summed E-state index contributed by atoms with van der Waals surface area (Å²) in [4.78, 5) is 8.70. The SMILES string of the molecule is Cn1ccnc1CCNc1ccc(N)c(OC(C)(C)C)n1. The molecule has 0 saturated heterocycles. The van der Waals surface area contributed by atoms with Gasteiger partial charge in [0, 0.05) is 32.4 Å². The van der Waals surface area contributed by atoms with Crippen molar-refractivity contribution in [2.45, 2.75) is 32.8 Å². The normalized spacial score (nSPS) is 11.4. The molecule has 2 rings (SSSR count). The molecule has 0 bridgehead atoms. The smallest absolute Gasteiger partial charge is 0.239 e. The lowest BCUT2D eigenvalue weighted by molar-refractivity contribution is 0.125. The maximum atomic E-state index is 5.89. The molecule has 0 atom stereocenters. The summed E-state index contributed by atoms with van der Waals surface area (Å²) < 4.78 is 7.76. The number of hydrogen-bond acceptors (Lipinski definition) is 5. The van der Waals surface area contributed by atoms with Gasteiger partial charge in [0.05, 0.1) is 5.69 Å². The van der Waals surface area contributed by atoms with E-state index in [1.54, 1.807) is 12.3 Å². The lowest BCUT2D eigenvalue weighted by Gasteiger charge is -2.21. The predicted molar refractivity (Wildman–Crippen MR) is 84.4 cm³/mol. The molecule has 0 amide bonds. The third kappa shape index (κ3) is 4.37. The van der Waals surface area contributed by atoms with E-state index in [0.717, 1.165) is 24.6 Å². The van der Waals surface area contributed by atoms with Crippen LogP contribution in [0, 0.1) is 0 Å². The Morgan fingerprint density at radius 3 is 2.71 bits per heavy atom. The van der Waals surface area contributed by atoms with Crippen molar-refractivity contribution in [3.05, 3.63) is 30.4 Å². The number of ether oxygens (including phenoxy) is 1. The monoisotopic (exact) mass is 289 g/mol. The Kier molecular flexibility index (Phi) is 4.35. The summed E-state index contributed by atoms with van der Waals surface area (Å²) in [5.41, 5.74) is 6.11. The lowest BCUT2D eigenvalue weighted by atomic mass is 10.2. The molecule has 0 aromatic carbocycles. The van der Waals surface area contributed by atoms with Crippen LogP contribution in [0.2, 0.25) is 0 Å². The molecule has 6 nitrogen and oxygen atoms in total. The minimum absolute atomic E-state index is 0.327. The number of hydrogen-bond donors (Lipinski definition) is 2. The molecule has 21 heavy (non-hydrogen) atoms. The number of aryl methyl sites for hydroxylation is 1. The summed E-state index contributed by atoms with van der Waals surface area (Å²) in [6.45, 7) is 6.65. The second-order valence-corrected chi connectivity index (χ2v) is 5.94. The van der Waals surface area contributed by atoms with Crippen LogP contribution in [0.5, 0.6) is 5.88 Å². The minimum atomic E-state index is -0.327. The number of nitrogens with zero attached hydrogens (tertiary/aromatic N) is 3. The van der Waals surface area contributed by atoms with E-state index in [9.17, 15) is 0 Å². The van der Waals surface area contributed by atoms with E-state index in [1.807, 2.05) is 44.6 Å². The second kappa shape index (κ2) is 6.03. The Morgan fingerprint density at radius 1 is 1.33 bits per heavy atom. The average Bonchev–Trinajstić information content (AvgIpc) is 2.77. The summed E-state index contributed by atoms with van der Waals surface area (Å²) in [7, 11) is 1.99. The molecule has 3 N–H and O–H groups in total. The van der Waals surface area contributed by atoms with Crippen molar-refractivity contribution in [1.82, 2.24) is 14.5 Å². The molecular weight excluding hydrogens is 266 g/mol. The van der Waals surface area contributed by atoms with E-state index in [2.05, 4.69) is 15.3 Å². The fraction of sp³-hybridized carbons (Fsp3) is 0.467. The minimum Gasteiger partial charge on any atom is -0.470 e. The van der Waals surface area contributed by atoms with Crippen LogP contribution in [-0.2, 0) is 13.5 Å². The van der Waals surface area contributed by atoms with E-state index in [-0.39, 0.29) is 5.60 Å². The van der Waals surface area contributed by atoms with Gasteiger partial charge in [0.25, 0.3) is 0 Å². The Morgan fingerprint density at radius 2 is 2.10 bits per heavy atom. The Bertz CT molecular complexity index is 600. The first-order chi connectivity index (χ1) is 9.85. The zero-order valence-corrected chi connectivity index (χ0v) is 13.1. The zero-order valence-electron chi connectivity index (χ0n) is 13.1. The van der Waals surface area contributed by atoms with Gasteiger partial charge in [-0.1, -0.05) is 0 Å². The van der Waals surface area contributed by atoms with Crippen LogP contribution in [-0.4, -0.2) is 26.7 Å². The van der Waals surface area contributed by atoms with Gasteiger partial charge >= 0.3 is 0 Å². The van der Waals surface area contributed by atoms with Gasteiger partial charge in [-0.15, -0.1) is 0 Å². The fourth-order valence-electron chi connectivity index (χ4n) is 1.86. The van der Waals surface area contributed by atoms with Crippen LogP contribution < -0.4 is 15.8 Å². The number of nitrogen functional groups attached to an aromatic ring is 1. The zero-order chi connectivity index (χ0) is 15.5. The molecule has 6 heteroatoms. The van der Waals surface area contributed by atoms with Crippen molar-refractivity contribution >= 4 is 11.5 Å². The highest BCUT2D eigenvalue weighted by Crippen LogP contribution is 2.24. The second-order valence-electron chi connectivity index (χ2n) is 5.94. The number of nitrogens with one attached hydrogen (secondary N) is 1. The maximum absolute atomic E-state index is 5.89. The third-order valence-electron chi connectivity index (χ3n) is 2.87. The number of pyridine rings is 1. The van der Waals surface area contributed by atoms with Crippen LogP contribution in [0.4, 0.5) is 11.5 Å². The van der Waals surface area contributed by atoms with Gasteiger partial charge in [-0.05, 0) is 32.9 Å². The van der Waals surface area contributed by atoms with Gasteiger partial charge in [0.15, 0.2) is 0 Å². The molecule has 0 fully saturated rings. The van der Waals surface area contributed by atoms with E-state index >= 15 is 0 Å². The lowest BCUT2D eigenvalue weighted by Crippen LogP contribution is -2.24. The summed E-state index contributed by atoms with van der Waals surface area (Å²) in [6, 6.07) is 3.65. The molecule has 2 aromatic rings. The molecule has 0 aliphatic carbocycles. The van der Waals surface area contributed by atoms with Gasteiger partial charge in [0.1, 0.15) is 17.2 Å². The fourth-order valence-corrected chi connectivity index (χ4v) is 1.86. The highest BCUT2D eigenvalue weighted by Gasteiger charge is 2.15. The summed E-state index contributed by atoms with van der Waals surface area (Å²) >= 11 is 0. The molecule has 0 spiro atoms. The molecule has 2 aromatic heterocycles. The summed E-state index contributed by atoms with van der Waals surface area (Å²) in [5.74, 6) is 2.24. The van der Waals surface area contributed by atoms with Crippen molar-refractivity contribution in [2.75, 3.05) is 17.6 Å². The molecule has 0 unspecified atom stereocenters. The van der Waals surface area contributed by atoms with Gasteiger partial charge in [-0.2, -0.15) is 4.98 Å². The highest BCUT2D eigenvalue weighted by atomic mass is 16.5. The Balaban J connectivity index is 1.97. The van der Waals surface area contributed by atoms with Crippen molar-refractivity contribution in [3.63, 3.8) is 0 Å². The van der Waals surface area contributed by atoms with E-state index in [0.29, 0.717) is 11.6 Å². The van der Waals surface area contributed by atoms with Crippen LogP contribution >= 0.6 is 0 Å². The van der Waals surface area contributed by atoms with E-state index < -0.39 is 0 Å². The van der Waals surface area contributed by atoms with E-state index in [4.69, 9.17) is 10.5 Å². The van der Waals surface area contributed by atoms with Crippen molar-refractivity contribution in [1.29, 1.82) is 0 Å². The highest BCUT2D eigenvalue weighted by molar-refractivity contribution is 5.53. The summed E-state index contributed by atoms with van der Waals surface area (Å²) in [5, 5.41) is 3.26. The number of aromatic nitrogens is 3. The van der Waals surface area contributed by atoms with Crippen molar-refractivity contribution in [2.24, 2.45) is 7.05 Å². The van der Waals surface area contributed by atoms with E-state index in [1.165, 1.54) is 0 Å². The molecule has 0 radical (unpaired) electrons.